The minimum atomic E-state index is -0.346. The zero-order valence-electron chi connectivity index (χ0n) is 15.0. The molecule has 6 nitrogen and oxygen atoms in total. The number of anilines is 1. The first-order chi connectivity index (χ1) is 13.1. The summed E-state index contributed by atoms with van der Waals surface area (Å²) in [6.07, 6.45) is 0. The normalized spacial score (nSPS) is 10.6. The van der Waals surface area contributed by atoms with Crippen LogP contribution in [0.25, 0.3) is 5.69 Å². The van der Waals surface area contributed by atoms with Crippen molar-refractivity contribution in [2.45, 2.75) is 19.0 Å². The molecule has 0 unspecified atom stereocenters. The highest BCUT2D eigenvalue weighted by Crippen LogP contribution is 2.23. The Hall–Kier alpha value is -2.87. The number of thioether (sulfide) groups is 1. The summed E-state index contributed by atoms with van der Waals surface area (Å²) >= 11 is 1.28. The van der Waals surface area contributed by atoms with Crippen LogP contribution in [0.3, 0.4) is 0 Å². The number of carbonyl (C=O) groups is 1. The standard InChI is InChI=1S/C19H19FN4O2S/c1-3-26-17-10-8-16(9-11-17)24-13(2)22-23-19(24)27-12-18(25)21-15-6-4-14(20)5-7-15/h4-11H,3,12H2,1-2H3,(H,21,25). The predicted molar refractivity (Wildman–Crippen MR) is 103 cm³/mol. The summed E-state index contributed by atoms with van der Waals surface area (Å²) in [5.74, 6) is 1.12. The Bertz CT molecular complexity index is 910. The maximum absolute atomic E-state index is 12.9. The second kappa shape index (κ2) is 8.68. The van der Waals surface area contributed by atoms with E-state index in [0.29, 0.717) is 17.5 Å². The number of aryl methyl sites for hydroxylation is 1. The SMILES string of the molecule is CCOc1ccc(-n2c(C)nnc2SCC(=O)Nc2ccc(F)cc2)cc1. The summed E-state index contributed by atoms with van der Waals surface area (Å²) in [6.45, 7) is 4.39. The van der Waals surface area contributed by atoms with E-state index in [1.165, 1.54) is 36.0 Å². The van der Waals surface area contributed by atoms with Gasteiger partial charge >= 0.3 is 0 Å². The van der Waals surface area contributed by atoms with Crippen LogP contribution in [-0.4, -0.2) is 33.0 Å². The van der Waals surface area contributed by atoms with Gasteiger partial charge in [-0.25, -0.2) is 4.39 Å². The predicted octanol–water partition coefficient (Wildman–Crippen LogP) is 3.84. The first kappa shape index (κ1) is 18.9. The van der Waals surface area contributed by atoms with E-state index in [-0.39, 0.29) is 17.5 Å². The van der Waals surface area contributed by atoms with Crippen LogP contribution in [0.5, 0.6) is 5.75 Å². The van der Waals surface area contributed by atoms with Gasteiger partial charge in [0.15, 0.2) is 5.16 Å². The molecule has 1 N–H and O–H groups in total. The zero-order valence-corrected chi connectivity index (χ0v) is 15.8. The lowest BCUT2D eigenvalue weighted by Gasteiger charge is -2.10. The summed E-state index contributed by atoms with van der Waals surface area (Å²) in [4.78, 5) is 12.1. The molecule has 3 rings (SSSR count). The minimum absolute atomic E-state index is 0.159. The molecule has 140 valence electrons. The van der Waals surface area contributed by atoms with Crippen molar-refractivity contribution in [1.82, 2.24) is 14.8 Å². The summed E-state index contributed by atoms with van der Waals surface area (Å²) in [7, 11) is 0. The molecular weight excluding hydrogens is 367 g/mol. The average Bonchev–Trinajstić information content (AvgIpc) is 3.03. The van der Waals surface area contributed by atoms with Crippen LogP contribution in [0.15, 0.2) is 53.7 Å². The van der Waals surface area contributed by atoms with Gasteiger partial charge in [-0.3, -0.25) is 9.36 Å². The number of amides is 1. The number of hydrogen-bond donors (Lipinski definition) is 1. The Balaban J connectivity index is 1.67. The minimum Gasteiger partial charge on any atom is -0.494 e. The molecule has 1 heterocycles. The third-order valence-electron chi connectivity index (χ3n) is 3.66. The third-order valence-corrected chi connectivity index (χ3v) is 4.59. The molecule has 0 saturated carbocycles. The van der Waals surface area contributed by atoms with Gasteiger partial charge < -0.3 is 10.1 Å². The van der Waals surface area contributed by atoms with Crippen molar-refractivity contribution >= 4 is 23.4 Å². The van der Waals surface area contributed by atoms with E-state index in [1.807, 2.05) is 42.7 Å². The molecule has 8 heteroatoms. The smallest absolute Gasteiger partial charge is 0.234 e. The van der Waals surface area contributed by atoms with E-state index in [9.17, 15) is 9.18 Å². The lowest BCUT2D eigenvalue weighted by molar-refractivity contribution is -0.113. The van der Waals surface area contributed by atoms with Gasteiger partial charge in [-0.2, -0.15) is 0 Å². The highest BCUT2D eigenvalue weighted by molar-refractivity contribution is 7.99. The second-order valence-electron chi connectivity index (χ2n) is 5.64. The van der Waals surface area contributed by atoms with Crippen LogP contribution in [0, 0.1) is 12.7 Å². The molecule has 0 aliphatic heterocycles. The fourth-order valence-electron chi connectivity index (χ4n) is 2.45. The van der Waals surface area contributed by atoms with E-state index in [0.717, 1.165) is 17.3 Å². The Morgan fingerprint density at radius 1 is 1.15 bits per heavy atom. The van der Waals surface area contributed by atoms with Gasteiger partial charge in [0, 0.05) is 11.4 Å². The van der Waals surface area contributed by atoms with E-state index >= 15 is 0 Å². The van der Waals surface area contributed by atoms with Gasteiger partial charge in [-0.15, -0.1) is 10.2 Å². The van der Waals surface area contributed by atoms with Gasteiger partial charge in [0.25, 0.3) is 0 Å². The molecule has 0 radical (unpaired) electrons. The van der Waals surface area contributed by atoms with E-state index in [2.05, 4.69) is 15.5 Å². The number of halogens is 1. The molecule has 27 heavy (non-hydrogen) atoms. The van der Waals surface area contributed by atoms with Crippen molar-refractivity contribution in [1.29, 1.82) is 0 Å². The number of nitrogens with zero attached hydrogens (tertiary/aromatic N) is 3. The molecule has 0 aliphatic rings. The summed E-state index contributed by atoms with van der Waals surface area (Å²) in [5.41, 5.74) is 1.44. The van der Waals surface area contributed by atoms with Crippen LogP contribution in [0.4, 0.5) is 10.1 Å². The number of ether oxygens (including phenoxy) is 1. The lowest BCUT2D eigenvalue weighted by atomic mass is 10.3. The van der Waals surface area contributed by atoms with Crippen LogP contribution in [-0.2, 0) is 4.79 Å². The van der Waals surface area contributed by atoms with Crippen LogP contribution < -0.4 is 10.1 Å². The quantitative estimate of drug-likeness (QED) is 0.625. The number of rotatable bonds is 7. The monoisotopic (exact) mass is 386 g/mol. The number of nitrogens with one attached hydrogen (secondary N) is 1. The molecule has 0 bridgehead atoms. The van der Waals surface area contributed by atoms with Crippen molar-refractivity contribution in [3.05, 3.63) is 60.2 Å². The van der Waals surface area contributed by atoms with Crippen molar-refractivity contribution in [2.75, 3.05) is 17.7 Å². The molecule has 0 aliphatic carbocycles. The zero-order chi connectivity index (χ0) is 19.2. The van der Waals surface area contributed by atoms with Gasteiger partial charge in [0.1, 0.15) is 17.4 Å². The van der Waals surface area contributed by atoms with Gasteiger partial charge in [-0.05, 0) is 62.4 Å². The lowest BCUT2D eigenvalue weighted by Crippen LogP contribution is -2.14. The summed E-state index contributed by atoms with van der Waals surface area (Å²) < 4.78 is 20.3. The summed E-state index contributed by atoms with van der Waals surface area (Å²) in [5, 5.41) is 11.6. The van der Waals surface area contributed by atoms with Crippen LogP contribution in [0.1, 0.15) is 12.7 Å². The van der Waals surface area contributed by atoms with Crippen molar-refractivity contribution in [3.63, 3.8) is 0 Å². The number of aromatic nitrogens is 3. The highest BCUT2D eigenvalue weighted by atomic mass is 32.2. The van der Waals surface area contributed by atoms with Crippen molar-refractivity contribution in [2.24, 2.45) is 0 Å². The van der Waals surface area contributed by atoms with E-state index < -0.39 is 0 Å². The molecule has 0 saturated heterocycles. The average molecular weight is 386 g/mol. The molecule has 2 aromatic carbocycles. The van der Waals surface area contributed by atoms with Gasteiger partial charge in [0.05, 0.1) is 12.4 Å². The van der Waals surface area contributed by atoms with Crippen LogP contribution >= 0.6 is 11.8 Å². The van der Waals surface area contributed by atoms with Crippen molar-refractivity contribution < 1.29 is 13.9 Å². The number of benzene rings is 2. The molecule has 0 fully saturated rings. The Morgan fingerprint density at radius 2 is 1.85 bits per heavy atom. The topological polar surface area (TPSA) is 69.0 Å². The van der Waals surface area contributed by atoms with Gasteiger partial charge in [-0.1, -0.05) is 11.8 Å². The van der Waals surface area contributed by atoms with Crippen LogP contribution in [0.2, 0.25) is 0 Å². The molecule has 0 atom stereocenters. The third kappa shape index (κ3) is 4.85. The first-order valence-corrected chi connectivity index (χ1v) is 9.39. The maximum atomic E-state index is 12.9. The van der Waals surface area contributed by atoms with E-state index in [1.54, 1.807) is 0 Å². The second-order valence-corrected chi connectivity index (χ2v) is 6.58. The van der Waals surface area contributed by atoms with Crippen molar-refractivity contribution in [3.8, 4) is 11.4 Å². The summed E-state index contributed by atoms with van der Waals surface area (Å²) in [6, 6.07) is 13.2. The molecular formula is C19H19FN4O2S. The highest BCUT2D eigenvalue weighted by Gasteiger charge is 2.13. The molecule has 3 aromatic rings. The number of carbonyl (C=O) groups excluding carboxylic acids is 1. The largest absolute Gasteiger partial charge is 0.494 e. The fraction of sp³-hybridized carbons (Fsp3) is 0.211. The Labute approximate surface area is 160 Å². The Kier molecular flexibility index (Phi) is 6.08. The molecule has 1 amide bonds. The van der Waals surface area contributed by atoms with E-state index in [4.69, 9.17) is 4.74 Å². The fourth-order valence-corrected chi connectivity index (χ4v) is 3.25. The van der Waals surface area contributed by atoms with Gasteiger partial charge in [0.2, 0.25) is 5.91 Å². The number of hydrogen-bond acceptors (Lipinski definition) is 5. The molecule has 1 aromatic heterocycles. The maximum Gasteiger partial charge on any atom is 0.234 e. The molecule has 0 spiro atoms. The first-order valence-electron chi connectivity index (χ1n) is 8.40. The Morgan fingerprint density at radius 3 is 2.52 bits per heavy atom.